The quantitative estimate of drug-likeness (QED) is 0.866. The highest BCUT2D eigenvalue weighted by atomic mass is 16.2. The summed E-state index contributed by atoms with van der Waals surface area (Å²) in [5, 5.41) is 6.24. The van der Waals surface area contributed by atoms with Gasteiger partial charge < -0.3 is 10.6 Å². The Morgan fingerprint density at radius 2 is 1.89 bits per heavy atom. The van der Waals surface area contributed by atoms with Gasteiger partial charge >= 0.3 is 0 Å². The molecule has 0 bridgehead atoms. The normalized spacial score (nSPS) is 16.6. The summed E-state index contributed by atoms with van der Waals surface area (Å²) in [5.41, 5.74) is 2.17. The third kappa shape index (κ3) is 4.33. The molecule has 0 saturated carbocycles. The van der Waals surface area contributed by atoms with Gasteiger partial charge in [0.05, 0.1) is 6.54 Å². The molecule has 1 aliphatic rings. The maximum atomic E-state index is 11.9. The Labute approximate surface area is 115 Å². The van der Waals surface area contributed by atoms with Crippen molar-refractivity contribution in [3.63, 3.8) is 0 Å². The van der Waals surface area contributed by atoms with Gasteiger partial charge in [0.15, 0.2) is 0 Å². The number of hydrogen-bond donors (Lipinski definition) is 2. The Bertz CT molecular complexity index is 408. The molecule has 1 heterocycles. The van der Waals surface area contributed by atoms with Gasteiger partial charge in [0, 0.05) is 31.9 Å². The average molecular weight is 261 g/mol. The summed E-state index contributed by atoms with van der Waals surface area (Å²) in [4.78, 5) is 14.1. The van der Waals surface area contributed by atoms with Gasteiger partial charge in [-0.1, -0.05) is 26.0 Å². The maximum Gasteiger partial charge on any atom is 0.238 e. The van der Waals surface area contributed by atoms with E-state index in [0.717, 1.165) is 31.9 Å². The fourth-order valence-electron chi connectivity index (χ4n) is 2.22. The van der Waals surface area contributed by atoms with Crippen molar-refractivity contribution in [3.05, 3.63) is 29.8 Å². The zero-order valence-corrected chi connectivity index (χ0v) is 11.8. The first-order valence-electron chi connectivity index (χ1n) is 6.98. The Balaban J connectivity index is 1.84. The number of carbonyl (C=O) groups excluding carboxylic acids is 1. The molecule has 4 heteroatoms. The molecule has 104 valence electrons. The predicted octanol–water partition coefficient (Wildman–Crippen LogP) is 1.65. The fourth-order valence-corrected chi connectivity index (χ4v) is 2.22. The molecule has 1 aromatic carbocycles. The van der Waals surface area contributed by atoms with Crippen molar-refractivity contribution in [3.8, 4) is 0 Å². The van der Waals surface area contributed by atoms with Gasteiger partial charge in [-0.05, 0) is 23.6 Å². The summed E-state index contributed by atoms with van der Waals surface area (Å²) in [6.07, 6.45) is 0. The summed E-state index contributed by atoms with van der Waals surface area (Å²) in [6.45, 7) is 8.63. The molecule has 2 N–H and O–H groups in total. The molecule has 2 rings (SSSR count). The van der Waals surface area contributed by atoms with E-state index in [-0.39, 0.29) is 5.91 Å². The predicted molar refractivity (Wildman–Crippen MR) is 78.5 cm³/mol. The number of amides is 1. The van der Waals surface area contributed by atoms with Gasteiger partial charge in [0.25, 0.3) is 0 Å². The lowest BCUT2D eigenvalue weighted by Crippen LogP contribution is -2.46. The standard InChI is InChI=1S/C15H23N3O/c1-12(2)13-3-5-14(6-4-13)17-15(19)11-18-9-7-16-8-10-18/h3-6,12,16H,7-11H2,1-2H3,(H,17,19). The van der Waals surface area contributed by atoms with Crippen molar-refractivity contribution >= 4 is 11.6 Å². The van der Waals surface area contributed by atoms with Crippen LogP contribution in [0.1, 0.15) is 25.3 Å². The first-order chi connectivity index (χ1) is 9.15. The monoisotopic (exact) mass is 261 g/mol. The third-order valence-electron chi connectivity index (χ3n) is 3.44. The lowest BCUT2D eigenvalue weighted by molar-refractivity contribution is -0.117. The molecule has 1 aliphatic heterocycles. The number of hydrogen-bond acceptors (Lipinski definition) is 3. The second-order valence-corrected chi connectivity index (χ2v) is 5.35. The molecule has 1 saturated heterocycles. The van der Waals surface area contributed by atoms with Crippen molar-refractivity contribution in [2.45, 2.75) is 19.8 Å². The van der Waals surface area contributed by atoms with E-state index in [0.29, 0.717) is 12.5 Å². The van der Waals surface area contributed by atoms with Crippen LogP contribution in [0.25, 0.3) is 0 Å². The van der Waals surface area contributed by atoms with E-state index < -0.39 is 0 Å². The number of nitrogens with one attached hydrogen (secondary N) is 2. The zero-order valence-electron chi connectivity index (χ0n) is 11.8. The number of anilines is 1. The molecule has 0 aromatic heterocycles. The van der Waals surface area contributed by atoms with E-state index in [1.807, 2.05) is 12.1 Å². The average Bonchev–Trinajstić information content (AvgIpc) is 2.40. The highest BCUT2D eigenvalue weighted by molar-refractivity contribution is 5.92. The largest absolute Gasteiger partial charge is 0.325 e. The lowest BCUT2D eigenvalue weighted by atomic mass is 10.0. The topological polar surface area (TPSA) is 44.4 Å². The molecular formula is C15H23N3O. The summed E-state index contributed by atoms with van der Waals surface area (Å²) in [5.74, 6) is 0.588. The van der Waals surface area contributed by atoms with Crippen LogP contribution in [0.3, 0.4) is 0 Å². The van der Waals surface area contributed by atoms with Crippen LogP contribution < -0.4 is 10.6 Å². The zero-order chi connectivity index (χ0) is 13.7. The highest BCUT2D eigenvalue weighted by Crippen LogP contribution is 2.17. The molecular weight excluding hydrogens is 238 g/mol. The van der Waals surface area contributed by atoms with E-state index in [1.54, 1.807) is 0 Å². The highest BCUT2D eigenvalue weighted by Gasteiger charge is 2.13. The van der Waals surface area contributed by atoms with Crippen molar-refractivity contribution in [2.24, 2.45) is 0 Å². The number of benzene rings is 1. The lowest BCUT2D eigenvalue weighted by Gasteiger charge is -2.26. The van der Waals surface area contributed by atoms with E-state index >= 15 is 0 Å². The fraction of sp³-hybridized carbons (Fsp3) is 0.533. The molecule has 1 fully saturated rings. The molecule has 4 nitrogen and oxygen atoms in total. The summed E-state index contributed by atoms with van der Waals surface area (Å²) < 4.78 is 0. The van der Waals surface area contributed by atoms with E-state index in [9.17, 15) is 4.79 Å². The van der Waals surface area contributed by atoms with Crippen molar-refractivity contribution in [2.75, 3.05) is 38.0 Å². The van der Waals surface area contributed by atoms with E-state index in [2.05, 4.69) is 41.5 Å². The summed E-state index contributed by atoms with van der Waals surface area (Å²) in [7, 11) is 0. The van der Waals surface area contributed by atoms with Crippen LogP contribution in [0, 0.1) is 0 Å². The SMILES string of the molecule is CC(C)c1ccc(NC(=O)CN2CCNCC2)cc1. The minimum Gasteiger partial charge on any atom is -0.325 e. The first-order valence-corrected chi connectivity index (χ1v) is 6.98. The van der Waals surface area contributed by atoms with E-state index in [4.69, 9.17) is 0 Å². The molecule has 0 spiro atoms. The summed E-state index contributed by atoms with van der Waals surface area (Å²) >= 11 is 0. The first kappa shape index (κ1) is 14.0. The Kier molecular flexibility index (Phi) is 4.93. The van der Waals surface area contributed by atoms with Crippen LogP contribution in [0.4, 0.5) is 5.69 Å². The minimum absolute atomic E-state index is 0.0687. The summed E-state index contributed by atoms with van der Waals surface area (Å²) in [6, 6.07) is 8.10. The molecule has 0 unspecified atom stereocenters. The van der Waals surface area contributed by atoms with Gasteiger partial charge in [0.1, 0.15) is 0 Å². The number of rotatable bonds is 4. The van der Waals surface area contributed by atoms with Gasteiger partial charge in [0.2, 0.25) is 5.91 Å². The van der Waals surface area contributed by atoms with Crippen LogP contribution in [0.15, 0.2) is 24.3 Å². The van der Waals surface area contributed by atoms with Gasteiger partial charge in [-0.25, -0.2) is 0 Å². The Hall–Kier alpha value is -1.39. The molecule has 19 heavy (non-hydrogen) atoms. The Morgan fingerprint density at radius 1 is 1.26 bits per heavy atom. The number of piperazine rings is 1. The maximum absolute atomic E-state index is 11.9. The van der Waals surface area contributed by atoms with Gasteiger partial charge in [-0.3, -0.25) is 9.69 Å². The van der Waals surface area contributed by atoms with Gasteiger partial charge in [-0.15, -0.1) is 0 Å². The van der Waals surface area contributed by atoms with Crippen LogP contribution >= 0.6 is 0 Å². The Morgan fingerprint density at radius 3 is 2.47 bits per heavy atom. The van der Waals surface area contributed by atoms with Crippen molar-refractivity contribution in [1.29, 1.82) is 0 Å². The minimum atomic E-state index is 0.0687. The molecule has 0 aliphatic carbocycles. The molecule has 1 amide bonds. The van der Waals surface area contributed by atoms with E-state index in [1.165, 1.54) is 5.56 Å². The smallest absolute Gasteiger partial charge is 0.238 e. The van der Waals surface area contributed by atoms with Crippen molar-refractivity contribution in [1.82, 2.24) is 10.2 Å². The number of nitrogens with zero attached hydrogens (tertiary/aromatic N) is 1. The molecule has 0 atom stereocenters. The second-order valence-electron chi connectivity index (χ2n) is 5.35. The number of carbonyl (C=O) groups is 1. The second kappa shape index (κ2) is 6.68. The van der Waals surface area contributed by atoms with Gasteiger partial charge in [-0.2, -0.15) is 0 Å². The van der Waals surface area contributed by atoms with Crippen LogP contribution in [-0.2, 0) is 4.79 Å². The van der Waals surface area contributed by atoms with Crippen LogP contribution in [0.5, 0.6) is 0 Å². The van der Waals surface area contributed by atoms with Crippen molar-refractivity contribution < 1.29 is 4.79 Å². The molecule has 1 aromatic rings. The molecule has 0 radical (unpaired) electrons. The van der Waals surface area contributed by atoms with Crippen LogP contribution in [0.2, 0.25) is 0 Å². The third-order valence-corrected chi connectivity index (χ3v) is 3.44. The van der Waals surface area contributed by atoms with Crippen LogP contribution in [-0.4, -0.2) is 43.5 Å².